The number of esters is 1. The standard InChI is InChI=1S/C34H31Cl2F3N8O6/c1-52-29(51)25(14-17-40-27(49)28(50)41-23-12-8-22(36)9-13-23)43-26(48)19-2-10-24(11-3-19)42-30-44-31(46-32(45-30)53-18-34(37,38)39)47-33(15-16-33)20-4-6-21(35)7-5-20/h2-13,25H,14-18H2,1H3,(H,40,49)(H,41,50)(H,43,48)(H2,42,44,45,46,47)/t25-/m0/s1. The molecule has 1 saturated carbocycles. The Hall–Kier alpha value is -5.68. The van der Waals surface area contributed by atoms with Crippen LogP contribution >= 0.6 is 23.2 Å². The second-order valence-corrected chi connectivity index (χ2v) is 12.5. The lowest BCUT2D eigenvalue weighted by molar-refractivity contribution is -0.154. The van der Waals surface area contributed by atoms with Crippen LogP contribution in [0.3, 0.4) is 0 Å². The van der Waals surface area contributed by atoms with Gasteiger partial charge in [-0.15, -0.1) is 0 Å². The molecule has 0 saturated heterocycles. The fourth-order valence-corrected chi connectivity index (χ4v) is 5.12. The largest absolute Gasteiger partial charge is 0.467 e. The molecular formula is C34H31Cl2F3N8O6. The van der Waals surface area contributed by atoms with Crippen LogP contribution in [0.15, 0.2) is 72.8 Å². The van der Waals surface area contributed by atoms with Gasteiger partial charge in [-0.1, -0.05) is 35.3 Å². The highest BCUT2D eigenvalue weighted by molar-refractivity contribution is 6.39. The molecule has 3 amide bonds. The fraction of sp³-hybridized carbons (Fsp3) is 0.265. The Morgan fingerprint density at radius 3 is 2.04 bits per heavy atom. The van der Waals surface area contributed by atoms with Crippen LogP contribution in [-0.4, -0.2) is 71.1 Å². The van der Waals surface area contributed by atoms with Crippen molar-refractivity contribution in [2.45, 2.75) is 37.0 Å². The maximum absolute atomic E-state index is 13.0. The highest BCUT2D eigenvalue weighted by atomic mass is 35.5. The molecule has 1 heterocycles. The number of alkyl halides is 3. The van der Waals surface area contributed by atoms with Gasteiger partial charge in [0.1, 0.15) is 6.04 Å². The van der Waals surface area contributed by atoms with Gasteiger partial charge < -0.3 is 36.1 Å². The predicted octanol–water partition coefficient (Wildman–Crippen LogP) is 5.38. The maximum Gasteiger partial charge on any atom is 0.422 e. The number of amides is 3. The van der Waals surface area contributed by atoms with E-state index in [2.05, 4.69) is 41.5 Å². The lowest BCUT2D eigenvalue weighted by atomic mass is 10.1. The predicted molar refractivity (Wildman–Crippen MR) is 188 cm³/mol. The summed E-state index contributed by atoms with van der Waals surface area (Å²) in [6, 6.07) is 17.2. The van der Waals surface area contributed by atoms with Gasteiger partial charge in [-0.2, -0.15) is 28.1 Å². The molecule has 1 aromatic heterocycles. The lowest BCUT2D eigenvalue weighted by Crippen LogP contribution is -2.44. The van der Waals surface area contributed by atoms with Crippen molar-refractivity contribution in [1.82, 2.24) is 25.6 Å². The molecule has 3 aromatic carbocycles. The van der Waals surface area contributed by atoms with Gasteiger partial charge in [0.2, 0.25) is 11.9 Å². The minimum absolute atomic E-state index is 0.0321. The van der Waals surface area contributed by atoms with E-state index in [1.54, 1.807) is 12.1 Å². The Balaban J connectivity index is 1.21. The number of hydrogen-bond donors (Lipinski definition) is 5. The lowest BCUT2D eigenvalue weighted by Gasteiger charge is -2.19. The Morgan fingerprint density at radius 2 is 1.43 bits per heavy atom. The molecule has 278 valence electrons. The highest BCUT2D eigenvalue weighted by Gasteiger charge is 2.45. The van der Waals surface area contributed by atoms with Crippen molar-refractivity contribution in [3.05, 3.63) is 94.0 Å². The molecule has 5 N–H and O–H groups in total. The van der Waals surface area contributed by atoms with Gasteiger partial charge in [-0.25, -0.2) is 4.79 Å². The van der Waals surface area contributed by atoms with Gasteiger partial charge >= 0.3 is 30.0 Å². The Bertz CT molecular complexity index is 1950. The molecule has 0 aliphatic heterocycles. The molecule has 19 heteroatoms. The van der Waals surface area contributed by atoms with Crippen molar-refractivity contribution in [3.8, 4) is 6.01 Å². The monoisotopic (exact) mass is 774 g/mol. The van der Waals surface area contributed by atoms with Crippen molar-refractivity contribution in [1.29, 1.82) is 0 Å². The summed E-state index contributed by atoms with van der Waals surface area (Å²) in [5.74, 6) is -3.53. The summed E-state index contributed by atoms with van der Waals surface area (Å²) in [6.07, 6.45) is -3.33. The van der Waals surface area contributed by atoms with Crippen LogP contribution in [0.25, 0.3) is 0 Å². The molecule has 0 radical (unpaired) electrons. The van der Waals surface area contributed by atoms with E-state index in [4.69, 9.17) is 32.7 Å². The van der Waals surface area contributed by atoms with Gasteiger partial charge in [-0.05, 0) is 85.5 Å². The zero-order valence-electron chi connectivity index (χ0n) is 27.7. The van der Waals surface area contributed by atoms with Gasteiger partial charge in [0.05, 0.1) is 12.6 Å². The van der Waals surface area contributed by atoms with Crippen molar-refractivity contribution in [2.24, 2.45) is 0 Å². The number of nitrogens with zero attached hydrogens (tertiary/aromatic N) is 3. The maximum atomic E-state index is 13.0. The van der Waals surface area contributed by atoms with Crippen molar-refractivity contribution in [2.75, 3.05) is 36.2 Å². The van der Waals surface area contributed by atoms with Crippen molar-refractivity contribution < 1.29 is 41.8 Å². The second kappa shape index (κ2) is 16.8. The number of carbonyl (C=O) groups is 4. The average molecular weight is 776 g/mol. The molecule has 4 aromatic rings. The smallest absolute Gasteiger partial charge is 0.422 e. The minimum Gasteiger partial charge on any atom is -0.467 e. The van der Waals surface area contributed by atoms with E-state index >= 15 is 0 Å². The first-order valence-electron chi connectivity index (χ1n) is 15.8. The molecule has 5 rings (SSSR count). The summed E-state index contributed by atoms with van der Waals surface area (Å²) in [5, 5.41) is 14.4. The van der Waals surface area contributed by atoms with E-state index in [-0.39, 0.29) is 30.4 Å². The molecule has 1 atom stereocenters. The molecule has 0 spiro atoms. The SMILES string of the molecule is COC(=O)[C@H](CCNC(=O)C(=O)Nc1ccc(Cl)cc1)NC(=O)c1ccc(Nc2nc(NC3(c4ccc(Cl)cc4)CC3)nc(OCC(F)(F)F)n2)cc1. The number of anilines is 4. The van der Waals surface area contributed by atoms with Gasteiger partial charge in [0, 0.05) is 33.5 Å². The Kier molecular flexibility index (Phi) is 12.2. The third kappa shape index (κ3) is 11.2. The zero-order chi connectivity index (χ0) is 38.2. The Morgan fingerprint density at radius 1 is 0.830 bits per heavy atom. The highest BCUT2D eigenvalue weighted by Crippen LogP contribution is 2.48. The number of rotatable bonds is 14. The van der Waals surface area contributed by atoms with Crippen LogP contribution in [0, 0.1) is 0 Å². The minimum atomic E-state index is -4.64. The third-order valence-electron chi connectivity index (χ3n) is 7.70. The van der Waals surface area contributed by atoms with Crippen molar-refractivity contribution in [3.63, 3.8) is 0 Å². The fourth-order valence-electron chi connectivity index (χ4n) is 4.87. The molecule has 1 aliphatic rings. The number of carbonyl (C=O) groups excluding carboxylic acids is 4. The van der Waals surface area contributed by atoms with Gasteiger partial charge in [-0.3, -0.25) is 14.4 Å². The van der Waals surface area contributed by atoms with Crippen LogP contribution < -0.4 is 31.3 Å². The van der Waals surface area contributed by atoms with Gasteiger partial charge in [0.25, 0.3) is 5.91 Å². The van der Waals surface area contributed by atoms with Crippen LogP contribution in [0.5, 0.6) is 6.01 Å². The molecule has 0 bridgehead atoms. The molecule has 1 fully saturated rings. The number of benzene rings is 3. The number of aromatic nitrogens is 3. The van der Waals surface area contributed by atoms with E-state index in [1.807, 2.05) is 12.1 Å². The van der Waals surface area contributed by atoms with Gasteiger partial charge in [0.15, 0.2) is 6.61 Å². The summed E-state index contributed by atoms with van der Waals surface area (Å²) in [5.41, 5.74) is 1.16. The van der Waals surface area contributed by atoms with E-state index < -0.39 is 54.1 Å². The average Bonchev–Trinajstić information content (AvgIpc) is 3.91. The third-order valence-corrected chi connectivity index (χ3v) is 8.20. The molecule has 53 heavy (non-hydrogen) atoms. The van der Waals surface area contributed by atoms with Crippen molar-refractivity contribution >= 4 is 70.2 Å². The number of ether oxygens (including phenoxy) is 2. The summed E-state index contributed by atoms with van der Waals surface area (Å²) >= 11 is 11.8. The van der Waals surface area contributed by atoms with E-state index in [0.717, 1.165) is 12.7 Å². The van der Waals surface area contributed by atoms with Crippen LogP contribution in [0.1, 0.15) is 35.2 Å². The quantitative estimate of drug-likeness (QED) is 0.0819. The first-order valence-corrected chi connectivity index (χ1v) is 16.6. The number of methoxy groups -OCH3 is 1. The first-order chi connectivity index (χ1) is 25.2. The zero-order valence-corrected chi connectivity index (χ0v) is 29.2. The number of halogens is 5. The first kappa shape index (κ1) is 38.5. The molecular weight excluding hydrogens is 744 g/mol. The Labute approximate surface area is 310 Å². The van der Waals surface area contributed by atoms with E-state index in [9.17, 15) is 32.3 Å². The van der Waals surface area contributed by atoms with Crippen LogP contribution in [-0.2, 0) is 24.7 Å². The summed E-state index contributed by atoms with van der Waals surface area (Å²) < 4.78 is 48.4. The molecule has 0 unspecified atom stereocenters. The summed E-state index contributed by atoms with van der Waals surface area (Å²) in [4.78, 5) is 62.2. The summed E-state index contributed by atoms with van der Waals surface area (Å²) in [6.45, 7) is -1.78. The molecule has 14 nitrogen and oxygen atoms in total. The molecule has 1 aliphatic carbocycles. The van der Waals surface area contributed by atoms with E-state index in [0.29, 0.717) is 34.3 Å². The van der Waals surface area contributed by atoms with Crippen LogP contribution in [0.4, 0.5) is 36.4 Å². The number of hydrogen-bond acceptors (Lipinski definition) is 11. The summed E-state index contributed by atoms with van der Waals surface area (Å²) in [7, 11) is 1.13. The van der Waals surface area contributed by atoms with E-state index in [1.165, 1.54) is 48.5 Å². The normalized spacial score (nSPS) is 13.5. The second-order valence-electron chi connectivity index (χ2n) is 11.6. The number of nitrogens with one attached hydrogen (secondary N) is 5. The topological polar surface area (TPSA) is 186 Å². The van der Waals surface area contributed by atoms with Crippen LogP contribution in [0.2, 0.25) is 10.0 Å².